The Morgan fingerprint density at radius 3 is 2.83 bits per heavy atom. The number of hydrogen-bond donors (Lipinski definition) is 1. The zero-order valence-corrected chi connectivity index (χ0v) is 10.3. The molecule has 0 aliphatic carbocycles. The minimum atomic E-state index is -0.330. The molecule has 2 heterocycles. The van der Waals surface area contributed by atoms with Crippen molar-refractivity contribution in [1.29, 1.82) is 0 Å². The smallest absolute Gasteiger partial charge is 0.193 e. The summed E-state index contributed by atoms with van der Waals surface area (Å²) in [5, 5.41) is 2.48. The van der Waals surface area contributed by atoms with Crippen molar-refractivity contribution in [2.45, 2.75) is 6.04 Å². The summed E-state index contributed by atoms with van der Waals surface area (Å²) < 4.78 is 5.37. The first-order valence-corrected chi connectivity index (χ1v) is 5.97. The summed E-state index contributed by atoms with van der Waals surface area (Å²) in [6, 6.07) is 11.1. The van der Waals surface area contributed by atoms with Gasteiger partial charge in [0.1, 0.15) is 5.76 Å². The summed E-state index contributed by atoms with van der Waals surface area (Å²) in [4.78, 5) is 4.10. The number of pyridine rings is 1. The average molecular weight is 259 g/mol. The highest BCUT2D eigenvalue weighted by molar-refractivity contribution is 6.28. The molecule has 3 rings (SSSR count). The molecule has 0 fully saturated rings. The minimum Gasteiger partial charge on any atom is -0.448 e. The lowest BCUT2D eigenvalue weighted by Crippen LogP contribution is -2.11. The van der Waals surface area contributed by atoms with E-state index in [-0.39, 0.29) is 6.04 Å². The summed E-state index contributed by atoms with van der Waals surface area (Å²) in [5.41, 5.74) is 7.22. The topological polar surface area (TPSA) is 52.0 Å². The van der Waals surface area contributed by atoms with Gasteiger partial charge in [0.2, 0.25) is 0 Å². The molecule has 1 aromatic carbocycles. The zero-order chi connectivity index (χ0) is 12.5. The van der Waals surface area contributed by atoms with Crippen molar-refractivity contribution in [1.82, 2.24) is 4.98 Å². The third-order valence-electron chi connectivity index (χ3n) is 2.95. The molecule has 0 aliphatic heterocycles. The fourth-order valence-electron chi connectivity index (χ4n) is 2.07. The van der Waals surface area contributed by atoms with E-state index in [1.807, 2.05) is 30.5 Å². The van der Waals surface area contributed by atoms with Crippen LogP contribution < -0.4 is 5.73 Å². The van der Waals surface area contributed by atoms with Crippen molar-refractivity contribution in [2.24, 2.45) is 5.73 Å². The first-order valence-electron chi connectivity index (χ1n) is 5.59. The highest BCUT2D eigenvalue weighted by atomic mass is 35.5. The normalized spacial score (nSPS) is 12.8. The van der Waals surface area contributed by atoms with Crippen LogP contribution in [0.2, 0.25) is 5.22 Å². The molecular formula is C14H11ClN2O. The van der Waals surface area contributed by atoms with Gasteiger partial charge in [-0.05, 0) is 40.7 Å². The van der Waals surface area contributed by atoms with Crippen LogP contribution in [0.25, 0.3) is 10.8 Å². The number of furan rings is 1. The van der Waals surface area contributed by atoms with E-state index in [2.05, 4.69) is 4.98 Å². The zero-order valence-electron chi connectivity index (χ0n) is 9.51. The predicted molar refractivity (Wildman–Crippen MR) is 71.5 cm³/mol. The van der Waals surface area contributed by atoms with Gasteiger partial charge < -0.3 is 10.2 Å². The molecule has 3 nitrogen and oxygen atoms in total. The van der Waals surface area contributed by atoms with Crippen molar-refractivity contribution >= 4 is 22.4 Å². The molecular weight excluding hydrogens is 248 g/mol. The van der Waals surface area contributed by atoms with Crippen molar-refractivity contribution in [3.8, 4) is 0 Å². The Labute approximate surface area is 109 Å². The van der Waals surface area contributed by atoms with Gasteiger partial charge in [-0.2, -0.15) is 0 Å². The fraction of sp³-hybridized carbons (Fsp3) is 0.0714. The molecule has 0 bridgehead atoms. The van der Waals surface area contributed by atoms with Crippen molar-refractivity contribution in [2.75, 3.05) is 0 Å². The number of halogens is 1. The minimum absolute atomic E-state index is 0.330. The van der Waals surface area contributed by atoms with E-state index < -0.39 is 0 Å². The lowest BCUT2D eigenvalue weighted by Gasteiger charge is -2.12. The third-order valence-corrected chi connectivity index (χ3v) is 3.15. The van der Waals surface area contributed by atoms with E-state index in [1.54, 1.807) is 18.3 Å². The molecule has 1 unspecified atom stereocenters. The fourth-order valence-corrected chi connectivity index (χ4v) is 2.22. The van der Waals surface area contributed by atoms with Crippen LogP contribution in [-0.2, 0) is 0 Å². The Balaban J connectivity index is 2.14. The maximum absolute atomic E-state index is 6.22. The van der Waals surface area contributed by atoms with E-state index >= 15 is 0 Å². The number of hydrogen-bond acceptors (Lipinski definition) is 3. The molecule has 18 heavy (non-hydrogen) atoms. The van der Waals surface area contributed by atoms with Crippen molar-refractivity contribution in [3.63, 3.8) is 0 Å². The number of nitrogens with two attached hydrogens (primary N) is 1. The molecule has 1 atom stereocenters. The maximum Gasteiger partial charge on any atom is 0.193 e. The van der Waals surface area contributed by atoms with Crippen LogP contribution in [0.5, 0.6) is 0 Å². The first-order chi connectivity index (χ1) is 8.75. The number of nitrogens with zero attached hydrogens (tertiary/aromatic N) is 1. The summed E-state index contributed by atoms with van der Waals surface area (Å²) >= 11 is 5.78. The lowest BCUT2D eigenvalue weighted by atomic mass is 9.99. The average Bonchev–Trinajstić information content (AvgIpc) is 2.84. The Morgan fingerprint density at radius 1 is 1.17 bits per heavy atom. The Morgan fingerprint density at radius 2 is 2.06 bits per heavy atom. The molecule has 2 aromatic heterocycles. The SMILES string of the molecule is NC(c1ccc(Cl)o1)c1cccc2cnccc12. The summed E-state index contributed by atoms with van der Waals surface area (Å²) in [6.45, 7) is 0. The van der Waals surface area contributed by atoms with Gasteiger partial charge in [-0.15, -0.1) is 0 Å². The second kappa shape index (κ2) is 4.44. The molecule has 0 aliphatic rings. The van der Waals surface area contributed by atoms with Crippen molar-refractivity contribution in [3.05, 3.63) is 65.3 Å². The Kier molecular flexibility index (Phi) is 2.78. The van der Waals surface area contributed by atoms with Gasteiger partial charge in [-0.25, -0.2) is 0 Å². The lowest BCUT2D eigenvalue weighted by molar-refractivity contribution is 0.492. The van der Waals surface area contributed by atoms with Crippen LogP contribution in [0, 0.1) is 0 Å². The molecule has 0 saturated heterocycles. The van der Waals surface area contributed by atoms with Gasteiger partial charge in [0, 0.05) is 17.8 Å². The van der Waals surface area contributed by atoms with Crippen LogP contribution in [0.15, 0.2) is 53.2 Å². The highest BCUT2D eigenvalue weighted by Crippen LogP contribution is 2.28. The molecule has 0 radical (unpaired) electrons. The number of fused-ring (bicyclic) bond motifs is 1. The summed E-state index contributed by atoms with van der Waals surface area (Å²) in [6.07, 6.45) is 3.58. The molecule has 0 amide bonds. The van der Waals surface area contributed by atoms with Crippen LogP contribution >= 0.6 is 11.6 Å². The quantitative estimate of drug-likeness (QED) is 0.765. The summed E-state index contributed by atoms with van der Waals surface area (Å²) in [5.74, 6) is 0.657. The van der Waals surface area contributed by atoms with Gasteiger partial charge in [-0.1, -0.05) is 18.2 Å². The van der Waals surface area contributed by atoms with Gasteiger partial charge in [-0.3, -0.25) is 4.98 Å². The molecule has 4 heteroatoms. The Hall–Kier alpha value is -1.84. The van der Waals surface area contributed by atoms with Crippen LogP contribution in [-0.4, -0.2) is 4.98 Å². The van der Waals surface area contributed by atoms with Gasteiger partial charge in [0.05, 0.1) is 6.04 Å². The molecule has 90 valence electrons. The second-order valence-electron chi connectivity index (χ2n) is 4.06. The maximum atomic E-state index is 6.22. The van der Waals surface area contributed by atoms with E-state index in [0.717, 1.165) is 16.3 Å². The van der Waals surface area contributed by atoms with Crippen LogP contribution in [0.4, 0.5) is 0 Å². The van der Waals surface area contributed by atoms with Gasteiger partial charge in [0.25, 0.3) is 0 Å². The van der Waals surface area contributed by atoms with E-state index in [1.165, 1.54) is 0 Å². The van der Waals surface area contributed by atoms with E-state index in [0.29, 0.717) is 11.0 Å². The number of benzene rings is 1. The summed E-state index contributed by atoms with van der Waals surface area (Å²) in [7, 11) is 0. The molecule has 0 spiro atoms. The first kappa shape index (κ1) is 11.3. The van der Waals surface area contributed by atoms with Crippen molar-refractivity contribution < 1.29 is 4.42 Å². The largest absolute Gasteiger partial charge is 0.448 e. The third kappa shape index (κ3) is 1.88. The van der Waals surface area contributed by atoms with Gasteiger partial charge in [0.15, 0.2) is 5.22 Å². The second-order valence-corrected chi connectivity index (χ2v) is 4.44. The van der Waals surface area contributed by atoms with E-state index in [4.69, 9.17) is 21.8 Å². The van der Waals surface area contributed by atoms with Crippen LogP contribution in [0.3, 0.4) is 0 Å². The monoisotopic (exact) mass is 258 g/mol. The molecule has 0 saturated carbocycles. The Bertz CT molecular complexity index is 688. The standard InChI is InChI=1S/C14H11ClN2O/c15-13-5-4-12(18-13)14(16)11-3-1-2-9-8-17-7-6-10(9)11/h1-8,14H,16H2. The predicted octanol–water partition coefficient (Wildman–Crippen LogP) is 3.53. The van der Waals surface area contributed by atoms with Crippen LogP contribution in [0.1, 0.15) is 17.4 Å². The highest BCUT2D eigenvalue weighted by Gasteiger charge is 2.15. The molecule has 3 aromatic rings. The number of aromatic nitrogens is 1. The molecule has 2 N–H and O–H groups in total. The van der Waals surface area contributed by atoms with E-state index in [9.17, 15) is 0 Å². The van der Waals surface area contributed by atoms with Gasteiger partial charge >= 0.3 is 0 Å². The number of rotatable bonds is 2.